The second kappa shape index (κ2) is 5.77. The van der Waals surface area contributed by atoms with E-state index in [1.807, 2.05) is 17.6 Å². The van der Waals surface area contributed by atoms with E-state index in [1.54, 1.807) is 23.1 Å². The van der Waals surface area contributed by atoms with Crippen LogP contribution in [-0.4, -0.2) is 21.2 Å². The van der Waals surface area contributed by atoms with Crippen molar-refractivity contribution < 1.29 is 0 Å². The van der Waals surface area contributed by atoms with Gasteiger partial charge in [0, 0.05) is 40.9 Å². The Morgan fingerprint density at radius 2 is 2.16 bits per heavy atom. The van der Waals surface area contributed by atoms with Gasteiger partial charge in [0.25, 0.3) is 0 Å². The molecule has 1 aromatic carbocycles. The van der Waals surface area contributed by atoms with Gasteiger partial charge in [-0.15, -0.1) is 23.1 Å². The zero-order valence-corrected chi connectivity index (χ0v) is 12.0. The maximum atomic E-state index is 6.18. The number of aromatic nitrogens is 2. The van der Waals surface area contributed by atoms with Crippen LogP contribution in [0.25, 0.3) is 4.96 Å². The molecule has 3 aromatic rings. The van der Waals surface area contributed by atoms with Crippen molar-refractivity contribution in [3.05, 3.63) is 53.8 Å². The molecule has 0 spiro atoms. The fraction of sp³-hybridized carbons (Fsp3) is 0.214. The second-order valence-corrected chi connectivity index (χ2v) is 6.38. The normalized spacial score (nSPS) is 12.9. The molecule has 0 saturated heterocycles. The summed E-state index contributed by atoms with van der Waals surface area (Å²) in [6.45, 7) is 0. The van der Waals surface area contributed by atoms with Gasteiger partial charge in [0.1, 0.15) is 0 Å². The van der Waals surface area contributed by atoms with Gasteiger partial charge in [-0.2, -0.15) is 0 Å². The molecule has 1 unspecified atom stereocenters. The van der Waals surface area contributed by atoms with Gasteiger partial charge >= 0.3 is 0 Å². The van der Waals surface area contributed by atoms with E-state index in [1.165, 1.54) is 4.90 Å². The zero-order chi connectivity index (χ0) is 13.1. The molecule has 0 aliphatic rings. The van der Waals surface area contributed by atoms with Gasteiger partial charge in [-0.05, 0) is 12.1 Å². The van der Waals surface area contributed by atoms with Gasteiger partial charge in [-0.3, -0.25) is 4.40 Å². The first-order chi connectivity index (χ1) is 9.31. The van der Waals surface area contributed by atoms with Crippen LogP contribution in [0.15, 0.2) is 53.0 Å². The summed E-state index contributed by atoms with van der Waals surface area (Å²) in [6.07, 6.45) is 4.92. The monoisotopic (exact) mass is 289 g/mol. The van der Waals surface area contributed by atoms with Crippen molar-refractivity contribution in [2.45, 2.75) is 17.4 Å². The summed E-state index contributed by atoms with van der Waals surface area (Å²) in [5.41, 5.74) is 7.25. The van der Waals surface area contributed by atoms with E-state index in [9.17, 15) is 0 Å². The van der Waals surface area contributed by atoms with Crippen LogP contribution in [0.3, 0.4) is 0 Å². The molecule has 5 heteroatoms. The van der Waals surface area contributed by atoms with Gasteiger partial charge in [0.05, 0.1) is 5.69 Å². The first kappa shape index (κ1) is 12.7. The molecule has 3 nitrogen and oxygen atoms in total. The van der Waals surface area contributed by atoms with Crippen molar-refractivity contribution >= 4 is 28.1 Å². The lowest BCUT2D eigenvalue weighted by Gasteiger charge is -2.09. The molecule has 19 heavy (non-hydrogen) atoms. The van der Waals surface area contributed by atoms with Crippen LogP contribution in [0.2, 0.25) is 0 Å². The van der Waals surface area contributed by atoms with Gasteiger partial charge in [-0.25, -0.2) is 4.98 Å². The van der Waals surface area contributed by atoms with Crippen molar-refractivity contribution in [1.29, 1.82) is 0 Å². The van der Waals surface area contributed by atoms with Gasteiger partial charge < -0.3 is 5.73 Å². The lowest BCUT2D eigenvalue weighted by atomic mass is 10.2. The largest absolute Gasteiger partial charge is 0.327 e. The van der Waals surface area contributed by atoms with E-state index in [2.05, 4.69) is 39.8 Å². The quantitative estimate of drug-likeness (QED) is 0.734. The number of rotatable bonds is 5. The molecule has 98 valence electrons. The standard InChI is InChI=1S/C14H15N3S2/c15-11(10-19-13-4-2-1-3-5-13)8-12-9-17-6-7-18-14(17)16-12/h1-7,9,11H,8,10,15H2. The SMILES string of the molecule is NC(CSc1ccccc1)Cc1cn2ccsc2n1. The first-order valence-corrected chi connectivity index (χ1v) is 8.02. The van der Waals surface area contributed by atoms with Crippen molar-refractivity contribution in [2.75, 3.05) is 5.75 Å². The van der Waals surface area contributed by atoms with Crippen LogP contribution < -0.4 is 5.73 Å². The number of nitrogens with zero attached hydrogens (tertiary/aromatic N) is 2. The second-order valence-electron chi connectivity index (χ2n) is 4.41. The Kier molecular flexibility index (Phi) is 3.87. The third-order valence-corrected chi connectivity index (χ3v) is 4.79. The number of fused-ring (bicyclic) bond motifs is 1. The minimum Gasteiger partial charge on any atom is -0.327 e. The number of imidazole rings is 1. The number of nitrogens with two attached hydrogens (primary N) is 1. The van der Waals surface area contributed by atoms with E-state index < -0.39 is 0 Å². The highest BCUT2D eigenvalue weighted by Crippen LogP contribution is 2.19. The molecule has 2 aromatic heterocycles. The summed E-state index contributed by atoms with van der Waals surface area (Å²) in [4.78, 5) is 6.87. The summed E-state index contributed by atoms with van der Waals surface area (Å²) < 4.78 is 2.05. The number of benzene rings is 1. The van der Waals surface area contributed by atoms with Crippen LogP contribution >= 0.6 is 23.1 Å². The Hall–Kier alpha value is -1.30. The Morgan fingerprint density at radius 3 is 2.95 bits per heavy atom. The smallest absolute Gasteiger partial charge is 0.193 e. The lowest BCUT2D eigenvalue weighted by Crippen LogP contribution is -2.25. The minimum absolute atomic E-state index is 0.134. The Bertz CT molecular complexity index is 616. The van der Waals surface area contributed by atoms with Crippen LogP contribution in [0.4, 0.5) is 0 Å². The third kappa shape index (κ3) is 3.18. The highest BCUT2D eigenvalue weighted by Gasteiger charge is 2.09. The molecule has 3 rings (SSSR count). The average Bonchev–Trinajstić information content (AvgIpc) is 2.98. The molecule has 0 aliphatic heterocycles. The number of thiazole rings is 1. The zero-order valence-electron chi connectivity index (χ0n) is 10.4. The molecule has 0 aliphatic carbocycles. The predicted molar refractivity (Wildman–Crippen MR) is 81.9 cm³/mol. The highest BCUT2D eigenvalue weighted by molar-refractivity contribution is 7.99. The van der Waals surface area contributed by atoms with Gasteiger partial charge in [0.2, 0.25) is 0 Å². The molecule has 0 fully saturated rings. The van der Waals surface area contributed by atoms with Crippen LogP contribution in [0.1, 0.15) is 5.69 Å². The van der Waals surface area contributed by atoms with Crippen molar-refractivity contribution in [3.63, 3.8) is 0 Å². The van der Waals surface area contributed by atoms with Crippen LogP contribution in [0.5, 0.6) is 0 Å². The fourth-order valence-corrected chi connectivity index (χ4v) is 3.51. The molecule has 0 saturated carbocycles. The van der Waals surface area contributed by atoms with Crippen molar-refractivity contribution in [1.82, 2.24) is 9.38 Å². The number of thioether (sulfide) groups is 1. The highest BCUT2D eigenvalue weighted by atomic mass is 32.2. The predicted octanol–water partition coefficient (Wildman–Crippen LogP) is 3.06. The lowest BCUT2D eigenvalue weighted by molar-refractivity contribution is 0.736. The van der Waals surface area contributed by atoms with Crippen molar-refractivity contribution in [3.8, 4) is 0 Å². The van der Waals surface area contributed by atoms with E-state index in [0.29, 0.717) is 0 Å². The molecule has 2 heterocycles. The number of hydrogen-bond donors (Lipinski definition) is 1. The first-order valence-electron chi connectivity index (χ1n) is 6.16. The Labute approximate surface area is 120 Å². The van der Waals surface area contributed by atoms with Crippen LogP contribution in [0, 0.1) is 0 Å². The summed E-state index contributed by atoms with van der Waals surface area (Å²) in [6, 6.07) is 10.5. The summed E-state index contributed by atoms with van der Waals surface area (Å²) in [5.74, 6) is 0.912. The Balaban J connectivity index is 1.56. The van der Waals surface area contributed by atoms with Gasteiger partial charge in [-0.1, -0.05) is 18.2 Å². The van der Waals surface area contributed by atoms with Gasteiger partial charge in [0.15, 0.2) is 4.96 Å². The molecule has 2 N–H and O–H groups in total. The van der Waals surface area contributed by atoms with Crippen molar-refractivity contribution in [2.24, 2.45) is 5.73 Å². The van der Waals surface area contributed by atoms with E-state index in [0.717, 1.165) is 22.8 Å². The minimum atomic E-state index is 0.134. The molecule has 0 bridgehead atoms. The number of hydrogen-bond acceptors (Lipinski definition) is 4. The van der Waals surface area contributed by atoms with E-state index in [4.69, 9.17) is 5.73 Å². The average molecular weight is 289 g/mol. The molecule has 0 amide bonds. The molecule has 0 radical (unpaired) electrons. The maximum Gasteiger partial charge on any atom is 0.193 e. The summed E-state index contributed by atoms with van der Waals surface area (Å²) in [7, 11) is 0. The molecular formula is C14H15N3S2. The molecule has 1 atom stereocenters. The summed E-state index contributed by atoms with van der Waals surface area (Å²) >= 11 is 3.45. The van der Waals surface area contributed by atoms with E-state index >= 15 is 0 Å². The van der Waals surface area contributed by atoms with Crippen LogP contribution in [-0.2, 0) is 6.42 Å². The Morgan fingerprint density at radius 1 is 1.32 bits per heavy atom. The maximum absolute atomic E-state index is 6.18. The van der Waals surface area contributed by atoms with E-state index in [-0.39, 0.29) is 6.04 Å². The topological polar surface area (TPSA) is 43.3 Å². The third-order valence-electron chi connectivity index (χ3n) is 2.82. The summed E-state index contributed by atoms with van der Waals surface area (Å²) in [5, 5.41) is 2.04. The fourth-order valence-electron chi connectivity index (χ4n) is 1.92. The molecular weight excluding hydrogens is 274 g/mol.